The molecule has 0 saturated heterocycles. The zero-order valence-corrected chi connectivity index (χ0v) is 16.5. The van der Waals surface area contributed by atoms with Crippen molar-refractivity contribution in [2.45, 2.75) is 40.7 Å². The van der Waals surface area contributed by atoms with Crippen molar-refractivity contribution in [1.82, 2.24) is 9.47 Å². The summed E-state index contributed by atoms with van der Waals surface area (Å²) < 4.78 is 11.8. The molecule has 7 heteroatoms. The van der Waals surface area contributed by atoms with Crippen molar-refractivity contribution < 1.29 is 23.5 Å². The summed E-state index contributed by atoms with van der Waals surface area (Å²) in [7, 11) is 1.32. The predicted molar refractivity (Wildman–Crippen MR) is 100 cm³/mol. The Morgan fingerprint density at radius 1 is 1.22 bits per heavy atom. The molecule has 1 amide bonds. The fourth-order valence-corrected chi connectivity index (χ4v) is 3.39. The van der Waals surface area contributed by atoms with E-state index in [0.29, 0.717) is 42.0 Å². The number of amides is 1. The molecule has 0 radical (unpaired) electrons. The van der Waals surface area contributed by atoms with E-state index in [9.17, 15) is 14.4 Å². The van der Waals surface area contributed by atoms with Gasteiger partial charge in [0, 0.05) is 24.3 Å². The first-order valence-electron chi connectivity index (χ1n) is 9.01. The van der Waals surface area contributed by atoms with Crippen LogP contribution >= 0.6 is 0 Å². The maximum atomic E-state index is 13.0. The second kappa shape index (κ2) is 8.70. The highest BCUT2D eigenvalue weighted by molar-refractivity contribution is 6.05. The van der Waals surface area contributed by atoms with Gasteiger partial charge < -0.3 is 18.6 Å². The summed E-state index contributed by atoms with van der Waals surface area (Å²) in [6.45, 7) is 8.26. The van der Waals surface area contributed by atoms with E-state index in [1.54, 1.807) is 30.5 Å². The smallest absolute Gasteiger partial charge is 0.354 e. The van der Waals surface area contributed by atoms with Crippen LogP contribution in [0, 0.1) is 13.8 Å². The summed E-state index contributed by atoms with van der Waals surface area (Å²) in [5.74, 6) is -0.816. The van der Waals surface area contributed by atoms with Crippen LogP contribution in [-0.2, 0) is 11.3 Å². The van der Waals surface area contributed by atoms with Crippen LogP contribution < -0.4 is 0 Å². The standard InChI is InChI=1S/C20H26N2O5/c1-6-10-21(19(24)16-9-8-11-27-16)12-15(23)17-13(3)18(20(25)26-5)22(7-2)14(17)4/h8-9,11H,6-7,10,12H2,1-5H3. The summed E-state index contributed by atoms with van der Waals surface area (Å²) in [4.78, 5) is 39.3. The minimum atomic E-state index is -0.478. The van der Waals surface area contributed by atoms with Gasteiger partial charge in [-0.2, -0.15) is 0 Å². The maximum absolute atomic E-state index is 13.0. The molecule has 2 heterocycles. The lowest BCUT2D eigenvalue weighted by Gasteiger charge is -2.20. The lowest BCUT2D eigenvalue weighted by atomic mass is 10.0. The summed E-state index contributed by atoms with van der Waals surface area (Å²) in [5, 5.41) is 0. The average Bonchev–Trinajstić information content (AvgIpc) is 3.26. The summed E-state index contributed by atoms with van der Waals surface area (Å²) in [6, 6.07) is 3.21. The number of aromatic nitrogens is 1. The molecule has 7 nitrogen and oxygen atoms in total. The summed E-state index contributed by atoms with van der Waals surface area (Å²) >= 11 is 0. The summed E-state index contributed by atoms with van der Waals surface area (Å²) in [5.41, 5.74) is 2.11. The van der Waals surface area contributed by atoms with Crippen LogP contribution in [0.15, 0.2) is 22.8 Å². The van der Waals surface area contributed by atoms with Crippen molar-refractivity contribution in [3.05, 3.63) is 46.7 Å². The fourth-order valence-electron chi connectivity index (χ4n) is 3.39. The van der Waals surface area contributed by atoms with Crippen LogP contribution in [0.3, 0.4) is 0 Å². The molecule has 2 aromatic heterocycles. The zero-order chi connectivity index (χ0) is 20.1. The van der Waals surface area contributed by atoms with E-state index in [2.05, 4.69) is 0 Å². The highest BCUT2D eigenvalue weighted by atomic mass is 16.5. The molecule has 0 aliphatic carbocycles. The third kappa shape index (κ3) is 3.97. The van der Waals surface area contributed by atoms with E-state index in [1.165, 1.54) is 18.3 Å². The highest BCUT2D eigenvalue weighted by Gasteiger charge is 2.28. The molecular formula is C20H26N2O5. The second-order valence-corrected chi connectivity index (χ2v) is 6.30. The average molecular weight is 374 g/mol. The Hall–Kier alpha value is -2.83. The number of hydrogen-bond acceptors (Lipinski definition) is 5. The first-order chi connectivity index (χ1) is 12.9. The Labute approximate surface area is 158 Å². The van der Waals surface area contributed by atoms with Crippen LogP contribution in [0.2, 0.25) is 0 Å². The van der Waals surface area contributed by atoms with Gasteiger partial charge in [0.25, 0.3) is 5.91 Å². The van der Waals surface area contributed by atoms with Crippen LogP contribution in [0.4, 0.5) is 0 Å². The molecule has 0 aliphatic rings. The Bertz CT molecular complexity index is 833. The number of rotatable bonds is 8. The van der Waals surface area contributed by atoms with Crippen molar-refractivity contribution in [1.29, 1.82) is 0 Å². The third-order valence-corrected chi connectivity index (χ3v) is 4.59. The lowest BCUT2D eigenvalue weighted by Crippen LogP contribution is -2.36. The number of carbonyl (C=O) groups is 3. The number of esters is 1. The molecular weight excluding hydrogens is 348 g/mol. The van der Waals surface area contributed by atoms with Gasteiger partial charge in [0.05, 0.1) is 19.9 Å². The first-order valence-corrected chi connectivity index (χ1v) is 9.01. The fraction of sp³-hybridized carbons (Fsp3) is 0.450. The second-order valence-electron chi connectivity index (χ2n) is 6.30. The molecule has 0 unspecified atom stereocenters. The number of methoxy groups -OCH3 is 1. The van der Waals surface area contributed by atoms with Crippen LogP contribution in [0.5, 0.6) is 0 Å². The monoisotopic (exact) mass is 374 g/mol. The Morgan fingerprint density at radius 3 is 2.44 bits per heavy atom. The topological polar surface area (TPSA) is 81.8 Å². The van der Waals surface area contributed by atoms with Gasteiger partial charge in [-0.25, -0.2) is 4.79 Å². The van der Waals surface area contributed by atoms with E-state index in [0.717, 1.165) is 0 Å². The molecule has 0 bridgehead atoms. The number of ketones is 1. The number of carbonyl (C=O) groups excluding carboxylic acids is 3. The number of hydrogen-bond donors (Lipinski definition) is 0. The molecule has 2 aromatic rings. The normalized spacial score (nSPS) is 10.7. The third-order valence-electron chi connectivity index (χ3n) is 4.59. The van der Waals surface area contributed by atoms with Gasteiger partial charge in [-0.15, -0.1) is 0 Å². The van der Waals surface area contributed by atoms with Gasteiger partial charge in [-0.1, -0.05) is 6.92 Å². The van der Waals surface area contributed by atoms with Gasteiger partial charge >= 0.3 is 5.97 Å². The van der Waals surface area contributed by atoms with Crippen LogP contribution in [0.1, 0.15) is 62.9 Å². The molecule has 0 aliphatic heterocycles. The minimum absolute atomic E-state index is 0.0800. The van der Waals surface area contributed by atoms with Crippen molar-refractivity contribution >= 4 is 17.7 Å². The Kier molecular flexibility index (Phi) is 6.60. The lowest BCUT2D eigenvalue weighted by molar-refractivity contribution is 0.0587. The van der Waals surface area contributed by atoms with E-state index < -0.39 is 5.97 Å². The molecule has 2 rings (SSSR count). The molecule has 0 atom stereocenters. The van der Waals surface area contributed by atoms with Gasteiger partial charge in [0.15, 0.2) is 11.5 Å². The van der Waals surface area contributed by atoms with Gasteiger partial charge in [-0.3, -0.25) is 9.59 Å². The minimum Gasteiger partial charge on any atom is -0.464 e. The molecule has 0 fully saturated rings. The van der Waals surface area contributed by atoms with E-state index in [-0.39, 0.29) is 24.0 Å². The van der Waals surface area contributed by atoms with E-state index >= 15 is 0 Å². The van der Waals surface area contributed by atoms with Crippen LogP contribution in [0.25, 0.3) is 0 Å². The number of nitrogens with zero attached hydrogens (tertiary/aromatic N) is 2. The first kappa shape index (κ1) is 20.5. The number of ether oxygens (including phenoxy) is 1. The SMILES string of the molecule is CCCN(CC(=O)c1c(C)c(C(=O)OC)n(CC)c1C)C(=O)c1ccco1. The molecule has 0 spiro atoms. The van der Waals surface area contributed by atoms with Gasteiger partial charge in [-0.05, 0) is 44.9 Å². The maximum Gasteiger partial charge on any atom is 0.354 e. The quantitative estimate of drug-likeness (QED) is 0.523. The molecule has 0 saturated carbocycles. The van der Waals surface area contributed by atoms with Crippen molar-refractivity contribution in [3.8, 4) is 0 Å². The largest absolute Gasteiger partial charge is 0.464 e. The highest BCUT2D eigenvalue weighted by Crippen LogP contribution is 2.24. The molecule has 146 valence electrons. The van der Waals surface area contributed by atoms with Gasteiger partial charge in [0.2, 0.25) is 0 Å². The summed E-state index contributed by atoms with van der Waals surface area (Å²) in [6.07, 6.45) is 2.14. The van der Waals surface area contributed by atoms with E-state index in [4.69, 9.17) is 9.15 Å². The zero-order valence-electron chi connectivity index (χ0n) is 16.5. The molecule has 27 heavy (non-hydrogen) atoms. The van der Waals surface area contributed by atoms with Crippen molar-refractivity contribution in [2.24, 2.45) is 0 Å². The number of Topliss-reactive ketones (excluding diaryl/α,β-unsaturated/α-hetero) is 1. The van der Waals surface area contributed by atoms with Crippen LogP contribution in [-0.4, -0.2) is 47.3 Å². The van der Waals surface area contributed by atoms with E-state index in [1.807, 2.05) is 13.8 Å². The molecule has 0 N–H and O–H groups in total. The number of furan rings is 1. The predicted octanol–water partition coefficient (Wildman–Crippen LogP) is 3.24. The van der Waals surface area contributed by atoms with Gasteiger partial charge in [0.1, 0.15) is 5.69 Å². The molecule has 0 aromatic carbocycles. The Morgan fingerprint density at radius 2 is 1.93 bits per heavy atom. The van der Waals surface area contributed by atoms with Crippen molar-refractivity contribution in [3.63, 3.8) is 0 Å². The Balaban J connectivity index is 2.37. The van der Waals surface area contributed by atoms with Crippen molar-refractivity contribution in [2.75, 3.05) is 20.2 Å².